The lowest BCUT2D eigenvalue weighted by Gasteiger charge is -2.11. The maximum atomic E-state index is 11.2. The molecule has 6 heteroatoms. The van der Waals surface area contributed by atoms with E-state index in [-0.39, 0.29) is 20.9 Å². The Labute approximate surface area is 106 Å². The Morgan fingerprint density at radius 3 is 2.59 bits per heavy atom. The highest BCUT2D eigenvalue weighted by Crippen LogP contribution is 2.32. The van der Waals surface area contributed by atoms with Crippen molar-refractivity contribution >= 4 is 33.8 Å². The van der Waals surface area contributed by atoms with Crippen LogP contribution < -0.4 is 0 Å². The third kappa shape index (κ3) is 2.22. The van der Waals surface area contributed by atoms with E-state index >= 15 is 0 Å². The zero-order valence-corrected chi connectivity index (χ0v) is 11.2. The van der Waals surface area contributed by atoms with Gasteiger partial charge in [0.05, 0.1) is 5.02 Å². The first kappa shape index (κ1) is 12.5. The molecule has 1 aromatic carbocycles. The predicted octanol–water partition coefficient (Wildman–Crippen LogP) is 3.36. The second kappa shape index (κ2) is 4.08. The number of aromatic nitrogens is 1. The molecule has 0 aliphatic heterocycles. The fourth-order valence-electron chi connectivity index (χ4n) is 1.43. The van der Waals surface area contributed by atoms with Gasteiger partial charge in [0.15, 0.2) is 16.7 Å². The molecule has 92 valence electrons. The second-order valence-electron chi connectivity index (χ2n) is 4.74. The van der Waals surface area contributed by atoms with Gasteiger partial charge in [0, 0.05) is 5.41 Å². The Morgan fingerprint density at radius 1 is 1.41 bits per heavy atom. The maximum Gasteiger partial charge on any atom is 0.200 e. The summed E-state index contributed by atoms with van der Waals surface area (Å²) < 4.78 is 26.0. The van der Waals surface area contributed by atoms with Gasteiger partial charge in [-0.3, -0.25) is 0 Å². The van der Waals surface area contributed by atoms with Crippen LogP contribution in [0.2, 0.25) is 5.02 Å². The number of benzene rings is 1. The molecule has 0 aliphatic rings. The number of fused-ring (bicyclic) bond motifs is 1. The van der Waals surface area contributed by atoms with E-state index in [1.165, 1.54) is 0 Å². The van der Waals surface area contributed by atoms with E-state index in [1.54, 1.807) is 12.1 Å². The predicted molar refractivity (Wildman–Crippen MR) is 66.8 cm³/mol. The Balaban J connectivity index is 2.78. The van der Waals surface area contributed by atoms with E-state index in [0.717, 1.165) is 0 Å². The Morgan fingerprint density at radius 2 is 2.06 bits per heavy atom. The molecule has 1 atom stereocenters. The SMILES string of the molecule is CC(C)(C)c1nc2ccc(Cl)c(S(=O)O)c2o1. The first-order valence-electron chi connectivity index (χ1n) is 5.01. The lowest BCUT2D eigenvalue weighted by Crippen LogP contribution is -2.10. The van der Waals surface area contributed by atoms with Crippen molar-refractivity contribution in [1.82, 2.24) is 4.98 Å². The van der Waals surface area contributed by atoms with Crippen LogP contribution in [0.4, 0.5) is 0 Å². The second-order valence-corrected chi connectivity index (χ2v) is 6.06. The van der Waals surface area contributed by atoms with Gasteiger partial charge in [-0.25, -0.2) is 9.19 Å². The highest BCUT2D eigenvalue weighted by Gasteiger charge is 2.24. The standard InChI is InChI=1S/C11H12ClNO3S/c1-11(2,3)10-13-7-5-4-6(12)9(17(14)15)8(7)16-10/h4-5H,1-3H3,(H,14,15). The van der Waals surface area contributed by atoms with Gasteiger partial charge in [-0.05, 0) is 12.1 Å². The monoisotopic (exact) mass is 273 g/mol. The highest BCUT2D eigenvalue weighted by molar-refractivity contribution is 7.79. The summed E-state index contributed by atoms with van der Waals surface area (Å²) in [5.74, 6) is 0.515. The smallest absolute Gasteiger partial charge is 0.200 e. The van der Waals surface area contributed by atoms with Gasteiger partial charge in [0.25, 0.3) is 0 Å². The van der Waals surface area contributed by atoms with Crippen molar-refractivity contribution in [2.45, 2.75) is 31.1 Å². The fourth-order valence-corrected chi connectivity index (χ4v) is 2.31. The molecule has 4 nitrogen and oxygen atoms in total. The van der Waals surface area contributed by atoms with Gasteiger partial charge in [-0.2, -0.15) is 0 Å². The van der Waals surface area contributed by atoms with Crippen molar-refractivity contribution < 1.29 is 13.2 Å². The topological polar surface area (TPSA) is 63.3 Å². The molecule has 2 aromatic rings. The van der Waals surface area contributed by atoms with Crippen molar-refractivity contribution in [3.8, 4) is 0 Å². The van der Waals surface area contributed by atoms with Crippen LogP contribution in [-0.2, 0) is 16.5 Å². The average molecular weight is 274 g/mol. The van der Waals surface area contributed by atoms with E-state index < -0.39 is 11.1 Å². The number of halogens is 1. The molecule has 1 aromatic heterocycles. The normalized spacial score (nSPS) is 14.2. The molecule has 0 saturated heterocycles. The average Bonchev–Trinajstić information content (AvgIpc) is 2.59. The molecular formula is C11H12ClNO3S. The first-order valence-corrected chi connectivity index (χ1v) is 6.49. The zero-order chi connectivity index (χ0) is 12.8. The van der Waals surface area contributed by atoms with E-state index in [2.05, 4.69) is 4.98 Å². The van der Waals surface area contributed by atoms with Crippen LogP contribution in [0.3, 0.4) is 0 Å². The van der Waals surface area contributed by atoms with Crippen LogP contribution in [0.15, 0.2) is 21.4 Å². The van der Waals surface area contributed by atoms with Gasteiger partial charge >= 0.3 is 0 Å². The van der Waals surface area contributed by atoms with E-state index in [9.17, 15) is 8.76 Å². The van der Waals surface area contributed by atoms with Crippen molar-refractivity contribution in [3.05, 3.63) is 23.0 Å². The lowest BCUT2D eigenvalue weighted by atomic mass is 9.97. The summed E-state index contributed by atoms with van der Waals surface area (Å²) in [6.07, 6.45) is 0. The summed E-state index contributed by atoms with van der Waals surface area (Å²) in [4.78, 5) is 4.37. The molecule has 17 heavy (non-hydrogen) atoms. The number of nitrogens with zero attached hydrogens (tertiary/aromatic N) is 1. The van der Waals surface area contributed by atoms with Gasteiger partial charge in [0.2, 0.25) is 5.89 Å². The minimum atomic E-state index is -2.19. The summed E-state index contributed by atoms with van der Waals surface area (Å²) in [5.41, 5.74) is 0.555. The molecule has 1 N–H and O–H groups in total. The quantitative estimate of drug-likeness (QED) is 0.809. The summed E-state index contributed by atoms with van der Waals surface area (Å²) in [5, 5.41) is 0.204. The molecule has 0 aliphatic carbocycles. The lowest BCUT2D eigenvalue weighted by molar-refractivity contribution is 0.408. The van der Waals surface area contributed by atoms with Crippen LogP contribution in [0.25, 0.3) is 11.1 Å². The maximum absolute atomic E-state index is 11.2. The van der Waals surface area contributed by atoms with Gasteiger partial charge in [-0.15, -0.1) is 0 Å². The Hall–Kier alpha value is -0.910. The van der Waals surface area contributed by atoms with E-state index in [4.69, 9.17) is 16.0 Å². The van der Waals surface area contributed by atoms with Crippen molar-refractivity contribution in [2.75, 3.05) is 0 Å². The number of oxazole rings is 1. The van der Waals surface area contributed by atoms with Crippen LogP contribution >= 0.6 is 11.6 Å². The molecule has 2 rings (SSSR count). The fraction of sp³-hybridized carbons (Fsp3) is 0.364. The molecular weight excluding hydrogens is 262 g/mol. The van der Waals surface area contributed by atoms with Crippen LogP contribution in [0.5, 0.6) is 0 Å². The van der Waals surface area contributed by atoms with Gasteiger partial charge in [0.1, 0.15) is 10.4 Å². The minimum absolute atomic E-state index is 0.0761. The number of hydrogen-bond acceptors (Lipinski definition) is 3. The van der Waals surface area contributed by atoms with E-state index in [1.807, 2.05) is 20.8 Å². The van der Waals surface area contributed by atoms with Crippen molar-refractivity contribution in [3.63, 3.8) is 0 Å². The minimum Gasteiger partial charge on any atom is -0.439 e. The van der Waals surface area contributed by atoms with Crippen LogP contribution in [0, 0.1) is 0 Å². The van der Waals surface area contributed by atoms with Crippen LogP contribution in [-0.4, -0.2) is 13.7 Å². The zero-order valence-electron chi connectivity index (χ0n) is 9.65. The number of hydrogen-bond donors (Lipinski definition) is 1. The highest BCUT2D eigenvalue weighted by atomic mass is 35.5. The van der Waals surface area contributed by atoms with Gasteiger partial charge < -0.3 is 8.97 Å². The summed E-state index contributed by atoms with van der Waals surface area (Å²) in [7, 11) is 0. The third-order valence-electron chi connectivity index (χ3n) is 2.28. The molecule has 1 heterocycles. The first-order chi connectivity index (χ1) is 7.80. The van der Waals surface area contributed by atoms with Gasteiger partial charge in [-0.1, -0.05) is 32.4 Å². The molecule has 0 radical (unpaired) electrons. The molecule has 0 amide bonds. The molecule has 0 spiro atoms. The molecule has 1 unspecified atom stereocenters. The summed E-state index contributed by atoms with van der Waals surface area (Å²) >= 11 is 3.69. The molecule has 0 saturated carbocycles. The largest absolute Gasteiger partial charge is 0.439 e. The third-order valence-corrected chi connectivity index (χ3v) is 3.46. The number of rotatable bonds is 1. The molecule has 0 bridgehead atoms. The van der Waals surface area contributed by atoms with Crippen LogP contribution in [0.1, 0.15) is 26.7 Å². The van der Waals surface area contributed by atoms with E-state index in [0.29, 0.717) is 11.4 Å². The summed E-state index contributed by atoms with van der Waals surface area (Å²) in [6.45, 7) is 5.86. The molecule has 0 fully saturated rings. The Kier molecular flexibility index (Phi) is 3.01. The Bertz CT molecular complexity index is 601. The van der Waals surface area contributed by atoms with Crippen molar-refractivity contribution in [2.24, 2.45) is 0 Å². The summed E-state index contributed by atoms with van der Waals surface area (Å²) in [6, 6.07) is 3.22. The van der Waals surface area contributed by atoms with Crippen molar-refractivity contribution in [1.29, 1.82) is 0 Å².